The van der Waals surface area contributed by atoms with Gasteiger partial charge in [-0.15, -0.1) is 0 Å². The van der Waals surface area contributed by atoms with Gasteiger partial charge in [0.05, 0.1) is 4.99 Å². The number of likely N-dealkylation sites (N-methyl/N-ethyl adjacent to an activating group) is 1. The van der Waals surface area contributed by atoms with Crippen LogP contribution in [0, 0.1) is 0 Å². The van der Waals surface area contributed by atoms with Crippen LogP contribution in [0.2, 0.25) is 0 Å². The summed E-state index contributed by atoms with van der Waals surface area (Å²) in [5.41, 5.74) is 5.35. The first kappa shape index (κ1) is 6.96. The van der Waals surface area contributed by atoms with Crippen LogP contribution in [0.25, 0.3) is 0 Å². The van der Waals surface area contributed by atoms with E-state index in [1.54, 1.807) is 0 Å². The van der Waals surface area contributed by atoms with Gasteiger partial charge < -0.3 is 5.73 Å². The third kappa shape index (κ3) is 2.28. The van der Waals surface area contributed by atoms with Crippen LogP contribution in [-0.4, -0.2) is 29.5 Å². The summed E-state index contributed by atoms with van der Waals surface area (Å²) in [4.78, 5) is 2.81. The highest BCUT2D eigenvalue weighted by atomic mass is 32.1. The van der Waals surface area contributed by atoms with Gasteiger partial charge >= 0.3 is 0 Å². The largest absolute Gasteiger partial charge is 0.392 e. The summed E-state index contributed by atoms with van der Waals surface area (Å²) >= 11 is 4.75. The van der Waals surface area contributed by atoms with Crippen LogP contribution in [-0.2, 0) is 0 Å². The highest BCUT2D eigenvalue weighted by Gasteiger charge is 2.25. The van der Waals surface area contributed by atoms with Gasteiger partial charge in [-0.25, -0.2) is 0 Å². The highest BCUT2D eigenvalue weighted by molar-refractivity contribution is 7.80. The highest BCUT2D eigenvalue weighted by Crippen LogP contribution is 2.24. The van der Waals surface area contributed by atoms with E-state index in [0.717, 1.165) is 12.6 Å². The van der Waals surface area contributed by atoms with Crippen molar-refractivity contribution in [2.24, 2.45) is 5.73 Å². The summed E-state index contributed by atoms with van der Waals surface area (Å²) in [6.45, 7) is 0.778. The van der Waals surface area contributed by atoms with Gasteiger partial charge in [-0.05, 0) is 19.9 Å². The summed E-state index contributed by atoms with van der Waals surface area (Å²) < 4.78 is 0. The lowest BCUT2D eigenvalue weighted by Crippen LogP contribution is -2.30. The number of nitrogens with zero attached hydrogens (tertiary/aromatic N) is 1. The Kier molecular flexibility index (Phi) is 2.03. The zero-order valence-corrected chi connectivity index (χ0v) is 6.45. The summed E-state index contributed by atoms with van der Waals surface area (Å²) in [7, 11) is 2.07. The van der Waals surface area contributed by atoms with Crippen molar-refractivity contribution in [1.82, 2.24) is 4.90 Å². The third-order valence-electron chi connectivity index (χ3n) is 1.58. The van der Waals surface area contributed by atoms with E-state index in [4.69, 9.17) is 18.0 Å². The Hall–Kier alpha value is -0.150. The molecule has 0 saturated heterocycles. The minimum absolute atomic E-state index is 0.601. The van der Waals surface area contributed by atoms with Crippen LogP contribution in [0.5, 0.6) is 0 Å². The van der Waals surface area contributed by atoms with Crippen LogP contribution in [0.3, 0.4) is 0 Å². The van der Waals surface area contributed by atoms with Crippen molar-refractivity contribution in [3.63, 3.8) is 0 Å². The van der Waals surface area contributed by atoms with Crippen LogP contribution in [0.15, 0.2) is 0 Å². The average molecular weight is 144 g/mol. The fourth-order valence-electron chi connectivity index (χ4n) is 0.890. The summed E-state index contributed by atoms with van der Waals surface area (Å²) in [6.07, 6.45) is 2.64. The predicted molar refractivity (Wildman–Crippen MR) is 42.4 cm³/mol. The first-order valence-corrected chi connectivity index (χ1v) is 3.59. The van der Waals surface area contributed by atoms with Crippen molar-refractivity contribution < 1.29 is 0 Å². The lowest BCUT2D eigenvalue weighted by Gasteiger charge is -2.13. The Bertz CT molecular complexity index is 120. The van der Waals surface area contributed by atoms with E-state index in [1.165, 1.54) is 12.8 Å². The van der Waals surface area contributed by atoms with Crippen molar-refractivity contribution in [3.8, 4) is 0 Å². The van der Waals surface area contributed by atoms with Crippen LogP contribution in [0.1, 0.15) is 12.8 Å². The summed E-state index contributed by atoms with van der Waals surface area (Å²) in [5, 5.41) is 0. The SMILES string of the molecule is CN(CC(N)=S)C1CC1. The van der Waals surface area contributed by atoms with Gasteiger partial charge in [-0.1, -0.05) is 12.2 Å². The monoisotopic (exact) mass is 144 g/mol. The standard InChI is InChI=1S/C6H12N2S/c1-8(4-6(7)9)5-2-3-5/h5H,2-4H2,1H3,(H2,7,9). The fourth-order valence-corrected chi connectivity index (χ4v) is 1.09. The predicted octanol–water partition coefficient (Wildman–Crippen LogP) is 0.367. The number of hydrogen-bond acceptors (Lipinski definition) is 2. The zero-order chi connectivity index (χ0) is 6.85. The minimum atomic E-state index is 0.601. The second-order valence-corrected chi connectivity index (χ2v) is 3.14. The van der Waals surface area contributed by atoms with Crippen LogP contribution in [0.4, 0.5) is 0 Å². The van der Waals surface area contributed by atoms with Gasteiger partial charge in [0.1, 0.15) is 0 Å². The van der Waals surface area contributed by atoms with Gasteiger partial charge in [-0.3, -0.25) is 4.90 Å². The van der Waals surface area contributed by atoms with E-state index in [2.05, 4.69) is 11.9 Å². The molecule has 0 aromatic carbocycles. The lowest BCUT2D eigenvalue weighted by molar-refractivity contribution is 0.371. The minimum Gasteiger partial charge on any atom is -0.392 e. The molecule has 0 aromatic rings. The molecule has 0 radical (unpaired) electrons. The second kappa shape index (κ2) is 2.62. The zero-order valence-electron chi connectivity index (χ0n) is 5.63. The van der Waals surface area contributed by atoms with E-state index < -0.39 is 0 Å². The van der Waals surface area contributed by atoms with E-state index in [9.17, 15) is 0 Å². The van der Waals surface area contributed by atoms with Crippen LogP contribution < -0.4 is 5.73 Å². The van der Waals surface area contributed by atoms with Crippen molar-refractivity contribution in [2.45, 2.75) is 18.9 Å². The molecule has 0 spiro atoms. The normalized spacial score (nSPS) is 18.4. The van der Waals surface area contributed by atoms with Gasteiger partial charge in [0, 0.05) is 12.6 Å². The molecule has 2 nitrogen and oxygen atoms in total. The molecule has 0 unspecified atom stereocenters. The first-order valence-electron chi connectivity index (χ1n) is 3.18. The van der Waals surface area contributed by atoms with Crippen molar-refractivity contribution >= 4 is 17.2 Å². The van der Waals surface area contributed by atoms with Crippen molar-refractivity contribution in [2.75, 3.05) is 13.6 Å². The van der Waals surface area contributed by atoms with E-state index in [1.807, 2.05) is 0 Å². The smallest absolute Gasteiger partial charge is 0.0870 e. The topological polar surface area (TPSA) is 29.3 Å². The lowest BCUT2D eigenvalue weighted by atomic mass is 10.5. The van der Waals surface area contributed by atoms with E-state index in [-0.39, 0.29) is 0 Å². The van der Waals surface area contributed by atoms with Gasteiger partial charge in [-0.2, -0.15) is 0 Å². The number of rotatable bonds is 3. The quantitative estimate of drug-likeness (QED) is 0.580. The fraction of sp³-hybridized carbons (Fsp3) is 0.833. The molecule has 1 aliphatic rings. The molecule has 0 heterocycles. The molecule has 9 heavy (non-hydrogen) atoms. The first-order chi connectivity index (χ1) is 4.20. The molecule has 2 N–H and O–H groups in total. The number of nitrogens with two attached hydrogens (primary N) is 1. The Balaban J connectivity index is 2.17. The van der Waals surface area contributed by atoms with Crippen LogP contribution >= 0.6 is 12.2 Å². The molecule has 1 saturated carbocycles. The molecule has 0 amide bonds. The molecule has 1 aliphatic carbocycles. The number of hydrogen-bond donors (Lipinski definition) is 1. The molecule has 0 bridgehead atoms. The number of thiocarbonyl (C=S) groups is 1. The Morgan fingerprint density at radius 2 is 2.33 bits per heavy atom. The maximum Gasteiger partial charge on any atom is 0.0870 e. The maximum atomic E-state index is 5.35. The van der Waals surface area contributed by atoms with Crippen molar-refractivity contribution in [1.29, 1.82) is 0 Å². The van der Waals surface area contributed by atoms with E-state index >= 15 is 0 Å². The second-order valence-electron chi connectivity index (χ2n) is 2.61. The molecule has 1 rings (SSSR count). The summed E-state index contributed by atoms with van der Waals surface area (Å²) in [6, 6.07) is 0.770. The van der Waals surface area contributed by atoms with Gasteiger partial charge in [0.15, 0.2) is 0 Å². The molecular weight excluding hydrogens is 132 g/mol. The molecule has 52 valence electrons. The Morgan fingerprint density at radius 3 is 2.67 bits per heavy atom. The van der Waals surface area contributed by atoms with E-state index in [0.29, 0.717) is 4.99 Å². The third-order valence-corrected chi connectivity index (χ3v) is 1.70. The molecular formula is C6H12N2S. The molecule has 0 aliphatic heterocycles. The van der Waals surface area contributed by atoms with Gasteiger partial charge in [0.2, 0.25) is 0 Å². The average Bonchev–Trinajstić information content (AvgIpc) is 2.40. The molecule has 0 aromatic heterocycles. The maximum absolute atomic E-state index is 5.35. The Morgan fingerprint density at radius 1 is 1.78 bits per heavy atom. The molecule has 3 heteroatoms. The van der Waals surface area contributed by atoms with Crippen molar-refractivity contribution in [3.05, 3.63) is 0 Å². The molecule has 0 atom stereocenters. The Labute approximate surface area is 61.0 Å². The van der Waals surface area contributed by atoms with Gasteiger partial charge in [0.25, 0.3) is 0 Å². The molecule has 1 fully saturated rings. The summed E-state index contributed by atoms with van der Waals surface area (Å²) in [5.74, 6) is 0.